The molecule has 0 bridgehead atoms. The van der Waals surface area contributed by atoms with Gasteiger partial charge in [-0.15, -0.1) is 0 Å². The number of ether oxygens (including phenoxy) is 1. The molecule has 1 aliphatic carbocycles. The highest BCUT2D eigenvalue weighted by Crippen LogP contribution is 2.38. The van der Waals surface area contributed by atoms with Gasteiger partial charge < -0.3 is 15.6 Å². The van der Waals surface area contributed by atoms with Crippen molar-refractivity contribution in [1.82, 2.24) is 14.8 Å². The molecule has 0 amide bonds. The van der Waals surface area contributed by atoms with Crippen molar-refractivity contribution in [2.45, 2.75) is 44.9 Å². The molecular formula is C20H24N4O2. The number of nitrogens with zero attached hydrogens (tertiary/aromatic N) is 3. The molecule has 26 heavy (non-hydrogen) atoms. The first-order valence-electron chi connectivity index (χ1n) is 9.11. The molecule has 0 saturated heterocycles. The number of aliphatic hydroxyl groups excluding tert-OH is 1. The highest BCUT2D eigenvalue weighted by molar-refractivity contribution is 5.93. The first kappa shape index (κ1) is 16.8. The summed E-state index contributed by atoms with van der Waals surface area (Å²) >= 11 is 0. The zero-order valence-electron chi connectivity index (χ0n) is 14.9. The lowest BCUT2D eigenvalue weighted by Gasteiger charge is -2.32. The van der Waals surface area contributed by atoms with Gasteiger partial charge in [0.25, 0.3) is 0 Å². The average molecular weight is 352 g/mol. The van der Waals surface area contributed by atoms with E-state index in [2.05, 4.69) is 17.0 Å². The summed E-state index contributed by atoms with van der Waals surface area (Å²) in [4.78, 5) is 4.38. The smallest absolute Gasteiger partial charge is 0.227 e. The molecule has 6 nitrogen and oxygen atoms in total. The second kappa shape index (κ2) is 6.96. The Morgan fingerprint density at radius 1 is 1.23 bits per heavy atom. The summed E-state index contributed by atoms with van der Waals surface area (Å²) in [5.74, 6) is 1.29. The highest BCUT2D eigenvalue weighted by atomic mass is 16.5. The fourth-order valence-corrected chi connectivity index (χ4v) is 3.89. The molecule has 1 aromatic carbocycles. The molecule has 6 heteroatoms. The van der Waals surface area contributed by atoms with E-state index >= 15 is 0 Å². The lowest BCUT2D eigenvalue weighted by atomic mass is 9.84. The second-order valence-electron chi connectivity index (χ2n) is 7.13. The van der Waals surface area contributed by atoms with Crippen LogP contribution < -0.4 is 10.5 Å². The van der Waals surface area contributed by atoms with Crippen LogP contribution >= 0.6 is 0 Å². The topological polar surface area (TPSA) is 86.2 Å². The number of fused-ring (bicyclic) bond motifs is 1. The van der Waals surface area contributed by atoms with Crippen LogP contribution in [0.1, 0.15) is 37.8 Å². The van der Waals surface area contributed by atoms with Crippen molar-refractivity contribution in [3.63, 3.8) is 0 Å². The van der Waals surface area contributed by atoms with Crippen molar-refractivity contribution in [2.24, 2.45) is 5.92 Å². The fraction of sp³-hybridized carbons (Fsp3) is 0.400. The molecule has 2 heterocycles. The number of nitrogen functional groups attached to an aromatic ring is 1. The Morgan fingerprint density at radius 2 is 2.04 bits per heavy atom. The molecule has 0 unspecified atom stereocenters. The normalized spacial score (nSPS) is 23.2. The molecule has 1 aliphatic rings. The third kappa shape index (κ3) is 3.12. The Labute approximate surface area is 152 Å². The van der Waals surface area contributed by atoms with Gasteiger partial charge in [0.05, 0.1) is 17.7 Å². The molecule has 0 aliphatic heterocycles. The minimum atomic E-state index is -0.216. The Morgan fingerprint density at radius 3 is 2.81 bits per heavy atom. The van der Waals surface area contributed by atoms with Crippen molar-refractivity contribution >= 4 is 16.7 Å². The van der Waals surface area contributed by atoms with Gasteiger partial charge in [-0.2, -0.15) is 5.10 Å². The van der Waals surface area contributed by atoms with E-state index in [1.54, 1.807) is 6.20 Å². The Balaban J connectivity index is 1.66. The van der Waals surface area contributed by atoms with Crippen molar-refractivity contribution in [2.75, 3.05) is 5.73 Å². The first-order valence-corrected chi connectivity index (χ1v) is 9.11. The zero-order valence-corrected chi connectivity index (χ0v) is 14.9. The maximum atomic E-state index is 9.90. The van der Waals surface area contributed by atoms with E-state index in [9.17, 15) is 5.11 Å². The van der Waals surface area contributed by atoms with E-state index in [4.69, 9.17) is 10.5 Å². The van der Waals surface area contributed by atoms with Crippen molar-refractivity contribution in [1.29, 1.82) is 0 Å². The average Bonchev–Trinajstić information content (AvgIpc) is 2.98. The number of hydrogen-bond acceptors (Lipinski definition) is 5. The van der Waals surface area contributed by atoms with E-state index in [0.29, 0.717) is 24.2 Å². The van der Waals surface area contributed by atoms with Crippen LogP contribution in [0.2, 0.25) is 0 Å². The van der Waals surface area contributed by atoms with Crippen LogP contribution in [-0.4, -0.2) is 26.0 Å². The van der Waals surface area contributed by atoms with Gasteiger partial charge in [-0.3, -0.25) is 4.68 Å². The molecule has 0 spiro atoms. The number of aliphatic hydroxyl groups is 1. The van der Waals surface area contributed by atoms with Crippen molar-refractivity contribution in [3.05, 3.63) is 48.2 Å². The van der Waals surface area contributed by atoms with Gasteiger partial charge in [0.15, 0.2) is 5.82 Å². The number of pyridine rings is 1. The van der Waals surface area contributed by atoms with E-state index in [1.165, 1.54) is 0 Å². The maximum absolute atomic E-state index is 9.90. The molecule has 2 aromatic heterocycles. The maximum Gasteiger partial charge on any atom is 0.227 e. The Kier molecular flexibility index (Phi) is 4.51. The predicted octanol–water partition coefficient (Wildman–Crippen LogP) is 3.31. The molecule has 4 rings (SSSR count). The lowest BCUT2D eigenvalue weighted by Crippen LogP contribution is -2.28. The van der Waals surface area contributed by atoms with Crippen LogP contribution in [0.5, 0.6) is 5.88 Å². The Bertz CT molecular complexity index is 893. The van der Waals surface area contributed by atoms with Crippen molar-refractivity contribution in [3.8, 4) is 5.88 Å². The number of rotatable bonds is 4. The molecule has 1 fully saturated rings. The number of nitrogens with two attached hydrogens (primary N) is 1. The lowest BCUT2D eigenvalue weighted by molar-refractivity contribution is 0.0762. The number of hydrogen-bond donors (Lipinski definition) is 2. The molecular weight excluding hydrogens is 328 g/mol. The SMILES string of the molecule is C[C@H]1C[C@H](O)CC[C@@H]1n1nc(N)c2c(OCc3ccccc3)nccc21. The highest BCUT2D eigenvalue weighted by Gasteiger charge is 2.30. The van der Waals surface area contributed by atoms with E-state index in [-0.39, 0.29) is 12.1 Å². The van der Waals surface area contributed by atoms with Crippen LogP contribution in [0.4, 0.5) is 5.82 Å². The fourth-order valence-electron chi connectivity index (χ4n) is 3.89. The van der Waals surface area contributed by atoms with Crippen molar-refractivity contribution < 1.29 is 9.84 Å². The summed E-state index contributed by atoms with van der Waals surface area (Å²) in [5.41, 5.74) is 8.24. The van der Waals surface area contributed by atoms with Crippen LogP contribution in [-0.2, 0) is 6.61 Å². The first-order chi connectivity index (χ1) is 12.6. The standard InChI is InChI=1S/C20H24N4O2/c1-13-11-15(25)7-8-16(13)24-17-9-10-22-20(18(17)19(21)23-24)26-12-14-5-3-2-4-6-14/h2-6,9-10,13,15-16,25H,7-8,11-12H2,1H3,(H2,21,23)/t13-,15+,16-/m0/s1. The van der Waals surface area contributed by atoms with Gasteiger partial charge in [0.1, 0.15) is 12.0 Å². The van der Waals surface area contributed by atoms with Crippen LogP contribution in [0.15, 0.2) is 42.6 Å². The zero-order chi connectivity index (χ0) is 18.1. The number of aromatic nitrogens is 3. The molecule has 3 N–H and O–H groups in total. The quantitative estimate of drug-likeness (QED) is 0.752. The summed E-state index contributed by atoms with van der Waals surface area (Å²) in [6.45, 7) is 2.59. The number of anilines is 1. The minimum Gasteiger partial charge on any atom is -0.472 e. The predicted molar refractivity (Wildman–Crippen MR) is 101 cm³/mol. The third-order valence-corrected chi connectivity index (χ3v) is 5.24. The minimum absolute atomic E-state index is 0.216. The van der Waals surface area contributed by atoms with Gasteiger partial charge in [-0.25, -0.2) is 4.98 Å². The summed E-state index contributed by atoms with van der Waals surface area (Å²) in [7, 11) is 0. The van der Waals surface area contributed by atoms with Gasteiger partial charge in [0, 0.05) is 6.20 Å². The van der Waals surface area contributed by atoms with E-state index < -0.39 is 0 Å². The largest absolute Gasteiger partial charge is 0.472 e. The summed E-state index contributed by atoms with van der Waals surface area (Å²) in [6, 6.07) is 12.1. The monoisotopic (exact) mass is 352 g/mol. The molecule has 1 saturated carbocycles. The van der Waals surface area contributed by atoms with Gasteiger partial charge in [-0.05, 0) is 36.8 Å². The van der Waals surface area contributed by atoms with Gasteiger partial charge >= 0.3 is 0 Å². The van der Waals surface area contributed by atoms with E-state index in [1.807, 2.05) is 41.1 Å². The summed E-state index contributed by atoms with van der Waals surface area (Å²) in [6.07, 6.45) is 3.99. The Hall–Kier alpha value is -2.60. The summed E-state index contributed by atoms with van der Waals surface area (Å²) in [5, 5.41) is 15.3. The van der Waals surface area contributed by atoms with Crippen LogP contribution in [0, 0.1) is 5.92 Å². The molecule has 3 aromatic rings. The second-order valence-corrected chi connectivity index (χ2v) is 7.13. The molecule has 0 radical (unpaired) electrons. The van der Waals surface area contributed by atoms with Crippen LogP contribution in [0.25, 0.3) is 10.9 Å². The molecule has 136 valence electrons. The summed E-state index contributed by atoms with van der Waals surface area (Å²) < 4.78 is 7.94. The van der Waals surface area contributed by atoms with E-state index in [0.717, 1.165) is 35.7 Å². The molecule has 3 atom stereocenters. The van der Waals surface area contributed by atoms with Crippen LogP contribution in [0.3, 0.4) is 0 Å². The third-order valence-electron chi connectivity index (χ3n) is 5.24. The van der Waals surface area contributed by atoms with Gasteiger partial charge in [0.2, 0.25) is 5.88 Å². The number of benzene rings is 1. The van der Waals surface area contributed by atoms with Gasteiger partial charge in [-0.1, -0.05) is 37.3 Å².